The third kappa shape index (κ3) is 5.66. The van der Waals surface area contributed by atoms with E-state index in [4.69, 9.17) is 15.2 Å². The Bertz CT molecular complexity index is 663. The Kier molecular flexibility index (Phi) is 7.67. The van der Waals surface area contributed by atoms with Crippen LogP contribution < -0.4 is 15.4 Å². The predicted octanol–water partition coefficient (Wildman–Crippen LogP) is 3.59. The molecule has 2 N–H and O–H groups in total. The lowest BCUT2D eigenvalue weighted by Crippen LogP contribution is -2.33. The van der Waals surface area contributed by atoms with Crippen molar-refractivity contribution in [2.24, 2.45) is 5.73 Å². The molecule has 1 heterocycles. The van der Waals surface area contributed by atoms with Gasteiger partial charge in [0.15, 0.2) is 0 Å². The van der Waals surface area contributed by atoms with E-state index in [2.05, 4.69) is 53.4 Å². The second-order valence-electron chi connectivity index (χ2n) is 6.30. The van der Waals surface area contributed by atoms with Gasteiger partial charge in [-0.15, -0.1) is 11.8 Å². The maximum absolute atomic E-state index is 5.94. The Hall–Kier alpha value is -1.69. The first-order chi connectivity index (χ1) is 12.9. The molecule has 1 aliphatic heterocycles. The second kappa shape index (κ2) is 10.5. The van der Waals surface area contributed by atoms with Crippen LogP contribution in [0, 0.1) is 0 Å². The van der Waals surface area contributed by atoms with E-state index in [-0.39, 0.29) is 0 Å². The summed E-state index contributed by atoms with van der Waals surface area (Å²) in [5.41, 5.74) is 8.05. The molecule has 2 aromatic rings. The first-order valence-corrected chi connectivity index (χ1v) is 10.3. The number of fused-ring (bicyclic) bond motifs is 1. The minimum atomic E-state index is 0.688. The number of hydrogen-bond acceptors (Lipinski definition) is 5. The first kappa shape index (κ1) is 19.1. The summed E-state index contributed by atoms with van der Waals surface area (Å²) >= 11 is 1.94. The Labute approximate surface area is 160 Å². The summed E-state index contributed by atoms with van der Waals surface area (Å²) < 4.78 is 11.5. The van der Waals surface area contributed by atoms with Crippen molar-refractivity contribution in [1.29, 1.82) is 0 Å². The molecule has 0 atom stereocenters. The normalized spacial score (nSPS) is 13.5. The highest BCUT2D eigenvalue weighted by molar-refractivity contribution is 7.99. The first-order valence-electron chi connectivity index (χ1n) is 9.33. The standard InChI is InChI=1S/C21H28N2O2S/c22-11-3-14-24-15-10-18-6-8-19(9-7-18)25-16-12-23-13-17-26-21-5-2-1-4-20(21)23/h1-2,4-9H,3,10-17,22H2. The smallest absolute Gasteiger partial charge is 0.119 e. The maximum atomic E-state index is 5.94. The summed E-state index contributed by atoms with van der Waals surface area (Å²) in [6.07, 6.45) is 1.85. The zero-order valence-electron chi connectivity index (χ0n) is 15.2. The lowest BCUT2D eigenvalue weighted by molar-refractivity contribution is 0.136. The number of thioether (sulfide) groups is 1. The molecule has 140 valence electrons. The van der Waals surface area contributed by atoms with Crippen LogP contribution >= 0.6 is 11.8 Å². The van der Waals surface area contributed by atoms with E-state index in [0.29, 0.717) is 13.2 Å². The molecule has 0 bridgehead atoms. The van der Waals surface area contributed by atoms with Crippen molar-refractivity contribution in [2.45, 2.75) is 17.7 Å². The zero-order chi connectivity index (χ0) is 18.0. The molecule has 0 fully saturated rings. The SMILES string of the molecule is NCCCOCCc1ccc(OCCN2CCSc3ccccc32)cc1. The quantitative estimate of drug-likeness (QED) is 0.646. The lowest BCUT2D eigenvalue weighted by Gasteiger charge is -2.30. The molecule has 0 saturated heterocycles. The molecular weight excluding hydrogens is 344 g/mol. The van der Waals surface area contributed by atoms with E-state index < -0.39 is 0 Å². The molecule has 0 spiro atoms. The molecule has 3 rings (SSSR count). The van der Waals surface area contributed by atoms with Crippen LogP contribution in [0.25, 0.3) is 0 Å². The zero-order valence-corrected chi connectivity index (χ0v) is 16.0. The van der Waals surface area contributed by atoms with Crippen LogP contribution in [0.3, 0.4) is 0 Å². The van der Waals surface area contributed by atoms with Crippen molar-refractivity contribution >= 4 is 17.4 Å². The van der Waals surface area contributed by atoms with Gasteiger partial charge in [0.05, 0.1) is 18.8 Å². The molecule has 0 aromatic heterocycles. The van der Waals surface area contributed by atoms with Gasteiger partial charge in [0.1, 0.15) is 12.4 Å². The topological polar surface area (TPSA) is 47.7 Å². The van der Waals surface area contributed by atoms with Gasteiger partial charge in [-0.05, 0) is 49.2 Å². The molecule has 0 aliphatic carbocycles. The molecule has 0 radical (unpaired) electrons. The van der Waals surface area contributed by atoms with Crippen molar-refractivity contribution in [3.05, 3.63) is 54.1 Å². The van der Waals surface area contributed by atoms with Crippen LogP contribution in [0.4, 0.5) is 5.69 Å². The van der Waals surface area contributed by atoms with E-state index >= 15 is 0 Å². The molecule has 26 heavy (non-hydrogen) atoms. The Morgan fingerprint density at radius 2 is 1.85 bits per heavy atom. The maximum Gasteiger partial charge on any atom is 0.119 e. The number of para-hydroxylation sites is 1. The fourth-order valence-corrected chi connectivity index (χ4v) is 4.01. The minimum Gasteiger partial charge on any atom is -0.492 e. The van der Waals surface area contributed by atoms with Crippen molar-refractivity contribution in [3.8, 4) is 5.75 Å². The van der Waals surface area contributed by atoms with Gasteiger partial charge in [-0.1, -0.05) is 24.3 Å². The van der Waals surface area contributed by atoms with Crippen LogP contribution in [-0.2, 0) is 11.2 Å². The summed E-state index contributed by atoms with van der Waals surface area (Å²) in [6.45, 7) is 4.86. The highest BCUT2D eigenvalue weighted by Gasteiger charge is 2.16. The van der Waals surface area contributed by atoms with Crippen molar-refractivity contribution in [1.82, 2.24) is 0 Å². The number of rotatable bonds is 10. The highest BCUT2D eigenvalue weighted by atomic mass is 32.2. The fourth-order valence-electron chi connectivity index (χ4n) is 2.96. The van der Waals surface area contributed by atoms with Crippen LogP contribution in [0.2, 0.25) is 0 Å². The third-order valence-corrected chi connectivity index (χ3v) is 5.45. The van der Waals surface area contributed by atoms with Gasteiger partial charge in [0.2, 0.25) is 0 Å². The van der Waals surface area contributed by atoms with E-state index in [1.165, 1.54) is 16.1 Å². The van der Waals surface area contributed by atoms with Crippen molar-refractivity contribution in [2.75, 3.05) is 50.1 Å². The second-order valence-corrected chi connectivity index (χ2v) is 7.44. The van der Waals surface area contributed by atoms with Gasteiger partial charge in [-0.25, -0.2) is 0 Å². The van der Waals surface area contributed by atoms with Crippen LogP contribution in [-0.4, -0.2) is 45.2 Å². The average Bonchev–Trinajstić information content (AvgIpc) is 2.69. The van der Waals surface area contributed by atoms with E-state index in [1.54, 1.807) is 0 Å². The number of nitrogens with zero attached hydrogens (tertiary/aromatic N) is 1. The number of ether oxygens (including phenoxy) is 2. The number of benzene rings is 2. The Balaban J connectivity index is 1.40. The molecular formula is C21H28N2O2S. The van der Waals surface area contributed by atoms with E-state index in [0.717, 1.165) is 50.6 Å². The van der Waals surface area contributed by atoms with Gasteiger partial charge < -0.3 is 20.1 Å². The summed E-state index contributed by atoms with van der Waals surface area (Å²) in [6, 6.07) is 17.0. The monoisotopic (exact) mass is 372 g/mol. The largest absolute Gasteiger partial charge is 0.492 e. The Morgan fingerprint density at radius 3 is 2.69 bits per heavy atom. The molecule has 5 heteroatoms. The van der Waals surface area contributed by atoms with Gasteiger partial charge >= 0.3 is 0 Å². The van der Waals surface area contributed by atoms with E-state index in [9.17, 15) is 0 Å². The van der Waals surface area contributed by atoms with Crippen molar-refractivity contribution < 1.29 is 9.47 Å². The average molecular weight is 373 g/mol. The number of nitrogens with two attached hydrogens (primary N) is 1. The van der Waals surface area contributed by atoms with Crippen LogP contribution in [0.15, 0.2) is 53.4 Å². The number of hydrogen-bond donors (Lipinski definition) is 1. The molecule has 0 amide bonds. The lowest BCUT2D eigenvalue weighted by atomic mass is 10.1. The molecule has 4 nitrogen and oxygen atoms in total. The highest BCUT2D eigenvalue weighted by Crippen LogP contribution is 2.33. The predicted molar refractivity (Wildman–Crippen MR) is 110 cm³/mol. The summed E-state index contributed by atoms with van der Waals surface area (Å²) in [5.74, 6) is 2.07. The summed E-state index contributed by atoms with van der Waals surface area (Å²) in [7, 11) is 0. The van der Waals surface area contributed by atoms with Gasteiger partial charge in [-0.3, -0.25) is 0 Å². The van der Waals surface area contributed by atoms with Gasteiger partial charge in [-0.2, -0.15) is 0 Å². The van der Waals surface area contributed by atoms with E-state index in [1.807, 2.05) is 11.8 Å². The molecule has 2 aromatic carbocycles. The third-order valence-electron chi connectivity index (χ3n) is 4.41. The molecule has 1 aliphatic rings. The van der Waals surface area contributed by atoms with Crippen molar-refractivity contribution in [3.63, 3.8) is 0 Å². The minimum absolute atomic E-state index is 0.688. The number of anilines is 1. The summed E-state index contributed by atoms with van der Waals surface area (Å²) in [5, 5.41) is 0. The van der Waals surface area contributed by atoms with Gasteiger partial charge in [0.25, 0.3) is 0 Å². The molecule has 0 unspecified atom stereocenters. The van der Waals surface area contributed by atoms with Crippen LogP contribution in [0.5, 0.6) is 5.75 Å². The van der Waals surface area contributed by atoms with Gasteiger partial charge in [0, 0.05) is 23.8 Å². The summed E-state index contributed by atoms with van der Waals surface area (Å²) in [4.78, 5) is 3.79. The Morgan fingerprint density at radius 1 is 1.00 bits per heavy atom. The van der Waals surface area contributed by atoms with Crippen LogP contribution in [0.1, 0.15) is 12.0 Å². The molecule has 0 saturated carbocycles. The fraction of sp³-hybridized carbons (Fsp3) is 0.429.